The number of hydrogen-bond donors (Lipinski definition) is 1. The quantitative estimate of drug-likeness (QED) is 0.853. The second-order valence-corrected chi connectivity index (χ2v) is 3.69. The maximum atomic E-state index is 12.9. The average Bonchev–Trinajstić information content (AvgIpc) is 2.66. The average molecular weight is 274 g/mol. The fourth-order valence-corrected chi connectivity index (χ4v) is 1.62. The summed E-state index contributed by atoms with van der Waals surface area (Å²) in [6.07, 6.45) is -2.59. The van der Waals surface area contributed by atoms with Crippen molar-refractivity contribution in [3.8, 4) is 5.88 Å². The van der Waals surface area contributed by atoms with Crippen molar-refractivity contribution in [2.24, 2.45) is 0 Å². The summed E-state index contributed by atoms with van der Waals surface area (Å²) >= 11 is 0. The smallest absolute Gasteiger partial charge is 0.420 e. The fraction of sp³-hybridized carbons (Fsp3) is 0.273. The van der Waals surface area contributed by atoms with Gasteiger partial charge in [-0.15, -0.1) is 0 Å². The molecule has 0 radical (unpaired) electrons. The van der Waals surface area contributed by atoms with Gasteiger partial charge < -0.3 is 14.2 Å². The number of hydrogen-bond acceptors (Lipinski definition) is 4. The lowest BCUT2D eigenvalue weighted by Gasteiger charge is -2.10. The minimum absolute atomic E-state index is 0.0490. The summed E-state index contributed by atoms with van der Waals surface area (Å²) < 4.78 is 44.2. The standard InChI is InChI=1S/C11H9F3N2O3/c1-2-19-10(18)6-3-7(11(12,13)14)9-15-8(17)5-16(9)4-6/h3-5,17H,2H2,1H3. The Balaban J connectivity index is 2.66. The number of aromatic hydroxyl groups is 1. The van der Waals surface area contributed by atoms with Gasteiger partial charge in [-0.1, -0.05) is 0 Å². The lowest BCUT2D eigenvalue weighted by molar-refractivity contribution is -0.136. The molecule has 2 aromatic rings. The number of aromatic nitrogens is 2. The summed E-state index contributed by atoms with van der Waals surface area (Å²) in [5, 5.41) is 9.16. The highest BCUT2D eigenvalue weighted by molar-refractivity contribution is 5.90. The molecule has 2 heterocycles. The van der Waals surface area contributed by atoms with E-state index in [9.17, 15) is 18.0 Å². The zero-order valence-corrected chi connectivity index (χ0v) is 9.73. The Morgan fingerprint density at radius 2 is 2.16 bits per heavy atom. The summed E-state index contributed by atoms with van der Waals surface area (Å²) in [5.74, 6) is -1.44. The predicted octanol–water partition coefficient (Wildman–Crippen LogP) is 2.24. The van der Waals surface area contributed by atoms with Crippen LogP contribution in [-0.4, -0.2) is 27.1 Å². The number of imidazole rings is 1. The number of alkyl halides is 3. The van der Waals surface area contributed by atoms with E-state index in [4.69, 9.17) is 5.11 Å². The van der Waals surface area contributed by atoms with Gasteiger partial charge in [-0.25, -0.2) is 4.79 Å². The lowest BCUT2D eigenvalue weighted by Crippen LogP contribution is -2.12. The minimum atomic E-state index is -4.69. The molecular formula is C11H9F3N2O3. The maximum Gasteiger partial charge on any atom is 0.420 e. The topological polar surface area (TPSA) is 63.8 Å². The normalized spacial score (nSPS) is 11.8. The third kappa shape index (κ3) is 2.47. The Morgan fingerprint density at radius 1 is 1.47 bits per heavy atom. The number of halogens is 3. The number of esters is 1. The first-order valence-electron chi connectivity index (χ1n) is 5.29. The number of pyridine rings is 1. The van der Waals surface area contributed by atoms with E-state index >= 15 is 0 Å². The molecule has 0 unspecified atom stereocenters. The molecule has 0 saturated carbocycles. The van der Waals surface area contributed by atoms with Crippen molar-refractivity contribution < 1.29 is 27.8 Å². The molecule has 0 fully saturated rings. The van der Waals surface area contributed by atoms with Crippen LogP contribution < -0.4 is 0 Å². The van der Waals surface area contributed by atoms with E-state index in [1.807, 2.05) is 0 Å². The molecule has 0 aliphatic rings. The van der Waals surface area contributed by atoms with Crippen LogP contribution in [0.3, 0.4) is 0 Å². The molecule has 102 valence electrons. The van der Waals surface area contributed by atoms with Crippen molar-refractivity contribution in [1.29, 1.82) is 0 Å². The molecule has 5 nitrogen and oxygen atoms in total. The zero-order valence-electron chi connectivity index (χ0n) is 9.73. The fourth-order valence-electron chi connectivity index (χ4n) is 1.62. The van der Waals surface area contributed by atoms with Gasteiger partial charge >= 0.3 is 12.1 Å². The molecule has 0 aromatic carbocycles. The highest BCUT2D eigenvalue weighted by Gasteiger charge is 2.35. The molecule has 2 aromatic heterocycles. The number of ether oxygens (including phenoxy) is 1. The molecular weight excluding hydrogens is 265 g/mol. The molecule has 19 heavy (non-hydrogen) atoms. The van der Waals surface area contributed by atoms with E-state index in [-0.39, 0.29) is 12.2 Å². The summed E-state index contributed by atoms with van der Waals surface area (Å²) in [4.78, 5) is 14.9. The first-order chi connectivity index (χ1) is 8.82. The summed E-state index contributed by atoms with van der Waals surface area (Å²) in [6, 6.07) is 0.653. The molecule has 0 amide bonds. The van der Waals surface area contributed by atoms with Gasteiger partial charge in [0.1, 0.15) is 0 Å². The van der Waals surface area contributed by atoms with E-state index in [0.717, 1.165) is 16.8 Å². The highest BCUT2D eigenvalue weighted by Crippen LogP contribution is 2.33. The van der Waals surface area contributed by atoms with Crippen molar-refractivity contribution in [1.82, 2.24) is 9.38 Å². The second kappa shape index (κ2) is 4.45. The van der Waals surface area contributed by atoms with Crippen molar-refractivity contribution in [3.63, 3.8) is 0 Å². The third-order valence-corrected chi connectivity index (χ3v) is 2.36. The Labute approximate surface area is 105 Å². The second-order valence-electron chi connectivity index (χ2n) is 3.69. The van der Waals surface area contributed by atoms with Gasteiger partial charge in [-0.3, -0.25) is 0 Å². The van der Waals surface area contributed by atoms with Crippen LogP contribution >= 0.6 is 0 Å². The largest absolute Gasteiger partial charge is 0.492 e. The molecule has 0 aliphatic heterocycles. The summed E-state index contributed by atoms with van der Waals surface area (Å²) in [5.41, 5.74) is -1.85. The molecule has 0 bridgehead atoms. The minimum Gasteiger partial charge on any atom is -0.492 e. The van der Waals surface area contributed by atoms with Crippen LogP contribution in [0.25, 0.3) is 5.65 Å². The highest BCUT2D eigenvalue weighted by atomic mass is 19.4. The van der Waals surface area contributed by atoms with Gasteiger partial charge in [-0.2, -0.15) is 18.2 Å². The Hall–Kier alpha value is -2.25. The molecule has 8 heteroatoms. The van der Waals surface area contributed by atoms with E-state index < -0.39 is 29.2 Å². The third-order valence-electron chi connectivity index (χ3n) is 2.36. The van der Waals surface area contributed by atoms with Crippen LogP contribution in [0.2, 0.25) is 0 Å². The number of fused-ring (bicyclic) bond motifs is 1. The van der Waals surface area contributed by atoms with Crippen LogP contribution in [0.4, 0.5) is 13.2 Å². The maximum absolute atomic E-state index is 12.9. The van der Waals surface area contributed by atoms with Gasteiger partial charge in [0.05, 0.1) is 23.9 Å². The Kier molecular flexibility index (Phi) is 3.09. The Bertz CT molecular complexity index is 634. The van der Waals surface area contributed by atoms with Crippen LogP contribution in [0, 0.1) is 0 Å². The van der Waals surface area contributed by atoms with Crippen molar-refractivity contribution >= 4 is 11.6 Å². The van der Waals surface area contributed by atoms with Crippen LogP contribution in [0.15, 0.2) is 18.5 Å². The molecule has 2 rings (SSSR count). The first-order valence-corrected chi connectivity index (χ1v) is 5.29. The summed E-state index contributed by atoms with van der Waals surface area (Å²) in [6.45, 7) is 1.59. The molecule has 0 spiro atoms. The predicted molar refractivity (Wildman–Crippen MR) is 57.8 cm³/mol. The van der Waals surface area contributed by atoms with E-state index in [1.54, 1.807) is 6.92 Å². The first kappa shape index (κ1) is 13.2. The van der Waals surface area contributed by atoms with Crippen LogP contribution in [0.5, 0.6) is 5.88 Å². The van der Waals surface area contributed by atoms with Crippen molar-refractivity contribution in [3.05, 3.63) is 29.6 Å². The van der Waals surface area contributed by atoms with Gasteiger partial charge in [0.25, 0.3) is 0 Å². The number of carbonyl (C=O) groups is 1. The Morgan fingerprint density at radius 3 is 2.74 bits per heavy atom. The SMILES string of the molecule is CCOC(=O)c1cc(C(F)(F)F)c2nc(O)cn2c1. The van der Waals surface area contributed by atoms with Gasteiger partial charge in [0.2, 0.25) is 5.88 Å². The number of nitrogens with zero attached hydrogens (tertiary/aromatic N) is 2. The van der Waals surface area contributed by atoms with Crippen molar-refractivity contribution in [2.75, 3.05) is 6.61 Å². The van der Waals surface area contributed by atoms with Crippen LogP contribution in [-0.2, 0) is 10.9 Å². The van der Waals surface area contributed by atoms with Gasteiger partial charge in [0, 0.05) is 6.20 Å². The molecule has 0 aliphatic carbocycles. The van der Waals surface area contributed by atoms with Crippen LogP contribution in [0.1, 0.15) is 22.8 Å². The summed E-state index contributed by atoms with van der Waals surface area (Å²) in [7, 11) is 0. The van der Waals surface area contributed by atoms with E-state index in [2.05, 4.69) is 9.72 Å². The molecule has 0 atom stereocenters. The van der Waals surface area contributed by atoms with Crippen molar-refractivity contribution in [2.45, 2.75) is 13.1 Å². The number of carbonyl (C=O) groups excluding carboxylic acids is 1. The number of rotatable bonds is 2. The van der Waals surface area contributed by atoms with Gasteiger partial charge in [0.15, 0.2) is 5.65 Å². The zero-order chi connectivity index (χ0) is 14.2. The monoisotopic (exact) mass is 274 g/mol. The van der Waals surface area contributed by atoms with Gasteiger partial charge in [-0.05, 0) is 13.0 Å². The molecule has 1 N–H and O–H groups in total. The van der Waals surface area contributed by atoms with E-state index in [0.29, 0.717) is 6.07 Å². The lowest BCUT2D eigenvalue weighted by atomic mass is 10.2. The molecule has 0 saturated heterocycles. The van der Waals surface area contributed by atoms with E-state index in [1.165, 1.54) is 0 Å².